The fourth-order valence-corrected chi connectivity index (χ4v) is 2.63. The van der Waals surface area contributed by atoms with Crippen LogP contribution in [0.3, 0.4) is 0 Å². The van der Waals surface area contributed by atoms with Crippen LogP contribution in [0.2, 0.25) is 0 Å². The maximum atomic E-state index is 12.4. The van der Waals surface area contributed by atoms with Crippen molar-refractivity contribution >= 4 is 11.7 Å². The van der Waals surface area contributed by atoms with Crippen LogP contribution in [0.1, 0.15) is 11.3 Å². The second kappa shape index (κ2) is 7.27. The van der Waals surface area contributed by atoms with Gasteiger partial charge in [0.1, 0.15) is 5.75 Å². The first kappa shape index (κ1) is 16.2. The second-order valence-corrected chi connectivity index (χ2v) is 5.63. The smallest absolute Gasteiger partial charge is 0.242 e. The van der Waals surface area contributed by atoms with E-state index < -0.39 is 0 Å². The molecule has 0 saturated carbocycles. The molecular weight excluding hydrogens is 308 g/mol. The van der Waals surface area contributed by atoms with Gasteiger partial charge in [-0.05, 0) is 29.8 Å². The lowest BCUT2D eigenvalue weighted by Crippen LogP contribution is -2.50. The van der Waals surface area contributed by atoms with Crippen LogP contribution in [0.5, 0.6) is 5.75 Å². The number of carbonyl (C=O) groups excluding carboxylic acids is 1. The number of rotatable bonds is 5. The van der Waals surface area contributed by atoms with Crippen molar-refractivity contribution < 1.29 is 14.6 Å². The van der Waals surface area contributed by atoms with Crippen molar-refractivity contribution in [3.05, 3.63) is 47.7 Å². The van der Waals surface area contributed by atoms with Gasteiger partial charge in [0.05, 0.1) is 26.0 Å². The first-order valence-electron chi connectivity index (χ1n) is 7.78. The number of anilines is 1. The first-order valence-corrected chi connectivity index (χ1v) is 7.78. The average molecular weight is 328 g/mol. The van der Waals surface area contributed by atoms with E-state index in [4.69, 9.17) is 9.84 Å². The number of amides is 1. The van der Waals surface area contributed by atoms with Gasteiger partial charge in [-0.1, -0.05) is 12.1 Å². The fraction of sp³-hybridized carbons (Fsp3) is 0.353. The molecular formula is C17H20N4O3. The maximum Gasteiger partial charge on any atom is 0.242 e. The minimum absolute atomic E-state index is 0.0603. The van der Waals surface area contributed by atoms with E-state index in [2.05, 4.69) is 10.2 Å². The van der Waals surface area contributed by atoms with Crippen LogP contribution in [0.25, 0.3) is 0 Å². The number of aliphatic hydroxyl groups excluding tert-OH is 1. The SMILES string of the molecule is COc1ccc(CN2CCN(c3ccc(CO)nn3)CC2=O)cc1. The molecule has 126 valence electrons. The molecule has 0 unspecified atom stereocenters. The zero-order chi connectivity index (χ0) is 16.9. The minimum atomic E-state index is -0.137. The van der Waals surface area contributed by atoms with Crippen molar-refractivity contribution in [2.24, 2.45) is 0 Å². The molecule has 1 saturated heterocycles. The third kappa shape index (κ3) is 3.62. The molecule has 1 aliphatic rings. The number of aromatic nitrogens is 2. The molecule has 3 rings (SSSR count). The molecule has 0 bridgehead atoms. The summed E-state index contributed by atoms with van der Waals surface area (Å²) in [6, 6.07) is 11.2. The lowest BCUT2D eigenvalue weighted by atomic mass is 10.2. The monoisotopic (exact) mass is 328 g/mol. The molecule has 0 aliphatic carbocycles. The summed E-state index contributed by atoms with van der Waals surface area (Å²) in [6.07, 6.45) is 0. The van der Waals surface area contributed by atoms with Gasteiger partial charge >= 0.3 is 0 Å². The summed E-state index contributed by atoms with van der Waals surface area (Å²) in [6.45, 7) is 2.07. The summed E-state index contributed by atoms with van der Waals surface area (Å²) < 4.78 is 5.14. The molecule has 7 nitrogen and oxygen atoms in total. The number of hydrogen-bond donors (Lipinski definition) is 1. The molecule has 1 aliphatic heterocycles. The number of carbonyl (C=O) groups is 1. The summed E-state index contributed by atoms with van der Waals surface area (Å²) in [5.41, 5.74) is 1.59. The van der Waals surface area contributed by atoms with Crippen molar-refractivity contribution in [3.8, 4) is 5.75 Å². The molecule has 1 N–H and O–H groups in total. The Morgan fingerprint density at radius 2 is 1.92 bits per heavy atom. The summed E-state index contributed by atoms with van der Waals surface area (Å²) in [5.74, 6) is 1.52. The number of hydrogen-bond acceptors (Lipinski definition) is 6. The van der Waals surface area contributed by atoms with E-state index in [1.807, 2.05) is 34.1 Å². The minimum Gasteiger partial charge on any atom is -0.497 e. The third-order valence-corrected chi connectivity index (χ3v) is 4.04. The Labute approximate surface area is 140 Å². The Bertz CT molecular complexity index is 688. The fourth-order valence-electron chi connectivity index (χ4n) is 2.63. The Balaban J connectivity index is 1.60. The summed E-state index contributed by atoms with van der Waals surface area (Å²) in [7, 11) is 1.63. The van der Waals surface area contributed by atoms with E-state index in [-0.39, 0.29) is 19.1 Å². The van der Waals surface area contributed by atoms with E-state index >= 15 is 0 Å². The van der Waals surface area contributed by atoms with Gasteiger partial charge < -0.3 is 19.6 Å². The van der Waals surface area contributed by atoms with Crippen LogP contribution >= 0.6 is 0 Å². The number of piperazine rings is 1. The number of nitrogens with zero attached hydrogens (tertiary/aromatic N) is 4. The van der Waals surface area contributed by atoms with Gasteiger partial charge in [0.25, 0.3) is 0 Å². The molecule has 1 aromatic heterocycles. The maximum absolute atomic E-state index is 12.4. The lowest BCUT2D eigenvalue weighted by Gasteiger charge is -2.34. The Morgan fingerprint density at radius 1 is 1.12 bits per heavy atom. The van der Waals surface area contributed by atoms with E-state index in [0.29, 0.717) is 31.1 Å². The second-order valence-electron chi connectivity index (χ2n) is 5.63. The van der Waals surface area contributed by atoms with Crippen molar-refractivity contribution in [3.63, 3.8) is 0 Å². The predicted molar refractivity (Wildman–Crippen MR) is 88.6 cm³/mol. The topological polar surface area (TPSA) is 78.8 Å². The molecule has 24 heavy (non-hydrogen) atoms. The van der Waals surface area contributed by atoms with Crippen LogP contribution in [-0.2, 0) is 17.9 Å². The van der Waals surface area contributed by atoms with Crippen molar-refractivity contribution in [1.82, 2.24) is 15.1 Å². The lowest BCUT2D eigenvalue weighted by molar-refractivity contribution is -0.131. The molecule has 1 fully saturated rings. The van der Waals surface area contributed by atoms with Gasteiger partial charge in [-0.25, -0.2) is 0 Å². The van der Waals surface area contributed by atoms with Crippen LogP contribution in [0.4, 0.5) is 5.82 Å². The van der Waals surface area contributed by atoms with Crippen LogP contribution in [0.15, 0.2) is 36.4 Å². The van der Waals surface area contributed by atoms with Crippen LogP contribution < -0.4 is 9.64 Å². The summed E-state index contributed by atoms with van der Waals surface area (Å²) in [5, 5.41) is 17.0. The number of aliphatic hydroxyl groups is 1. The molecule has 7 heteroatoms. The highest BCUT2D eigenvalue weighted by Crippen LogP contribution is 2.17. The van der Waals surface area contributed by atoms with Gasteiger partial charge in [0.15, 0.2) is 5.82 Å². The summed E-state index contributed by atoms with van der Waals surface area (Å²) in [4.78, 5) is 16.1. The highest BCUT2D eigenvalue weighted by atomic mass is 16.5. The summed E-state index contributed by atoms with van der Waals surface area (Å²) >= 11 is 0. The number of ether oxygens (including phenoxy) is 1. The first-order chi connectivity index (χ1) is 11.7. The Kier molecular flexibility index (Phi) is 4.90. The Hall–Kier alpha value is -2.67. The van der Waals surface area contributed by atoms with Crippen LogP contribution in [-0.4, -0.2) is 52.9 Å². The number of methoxy groups -OCH3 is 1. The average Bonchev–Trinajstić information content (AvgIpc) is 2.64. The highest BCUT2D eigenvalue weighted by molar-refractivity contribution is 5.82. The molecule has 2 heterocycles. The van der Waals surface area contributed by atoms with Gasteiger partial charge in [-0.3, -0.25) is 4.79 Å². The van der Waals surface area contributed by atoms with Crippen LogP contribution in [0, 0.1) is 0 Å². The van der Waals surface area contributed by atoms with Crippen molar-refractivity contribution in [2.45, 2.75) is 13.2 Å². The molecule has 1 amide bonds. The van der Waals surface area contributed by atoms with E-state index in [1.165, 1.54) is 0 Å². The number of benzene rings is 1. The molecule has 0 atom stereocenters. The zero-order valence-corrected chi connectivity index (χ0v) is 13.6. The van der Waals surface area contributed by atoms with Crippen molar-refractivity contribution in [2.75, 3.05) is 31.6 Å². The van der Waals surface area contributed by atoms with Crippen molar-refractivity contribution in [1.29, 1.82) is 0 Å². The molecule has 2 aromatic rings. The van der Waals surface area contributed by atoms with E-state index in [0.717, 1.165) is 11.3 Å². The van der Waals surface area contributed by atoms with E-state index in [1.54, 1.807) is 19.2 Å². The van der Waals surface area contributed by atoms with E-state index in [9.17, 15) is 4.79 Å². The zero-order valence-electron chi connectivity index (χ0n) is 13.6. The highest BCUT2D eigenvalue weighted by Gasteiger charge is 2.25. The third-order valence-electron chi connectivity index (χ3n) is 4.04. The van der Waals surface area contributed by atoms with Gasteiger partial charge in [0, 0.05) is 19.6 Å². The Morgan fingerprint density at radius 3 is 2.50 bits per heavy atom. The largest absolute Gasteiger partial charge is 0.497 e. The van der Waals surface area contributed by atoms with Gasteiger partial charge in [0.2, 0.25) is 5.91 Å². The molecule has 0 spiro atoms. The van der Waals surface area contributed by atoms with Gasteiger partial charge in [-0.15, -0.1) is 5.10 Å². The normalized spacial score (nSPS) is 14.8. The quantitative estimate of drug-likeness (QED) is 0.876. The predicted octanol–water partition coefficient (Wildman–Crippen LogP) is 0.826. The standard InChI is InChI=1S/C17H20N4O3/c1-24-15-5-2-13(3-6-15)10-21-9-8-20(11-17(21)23)16-7-4-14(12-22)18-19-16/h2-7,22H,8-12H2,1H3. The molecule has 0 radical (unpaired) electrons. The molecule has 1 aromatic carbocycles. The van der Waals surface area contributed by atoms with Gasteiger partial charge in [-0.2, -0.15) is 5.10 Å².